The SMILES string of the molecule is C[C@@H]1CN(c2ccc(C#C[C@@]3(O)CN4CCC3CC4)c(Cc3ccccc3)n2)C[C@H]1C. The predicted octanol–water partition coefficient (Wildman–Crippen LogP) is 3.57. The zero-order chi connectivity index (χ0) is 21.4. The lowest BCUT2D eigenvalue weighted by atomic mass is 9.75. The molecule has 0 spiro atoms. The van der Waals surface area contributed by atoms with Crippen LogP contribution in [0.1, 0.15) is 43.5 Å². The molecule has 1 aromatic heterocycles. The topological polar surface area (TPSA) is 39.6 Å². The van der Waals surface area contributed by atoms with Gasteiger partial charge in [-0.25, -0.2) is 4.98 Å². The van der Waals surface area contributed by atoms with Crippen LogP contribution in [0, 0.1) is 29.6 Å². The van der Waals surface area contributed by atoms with Crippen LogP contribution >= 0.6 is 0 Å². The molecule has 4 heteroatoms. The van der Waals surface area contributed by atoms with Gasteiger partial charge in [0.2, 0.25) is 0 Å². The third kappa shape index (κ3) is 4.22. The number of pyridine rings is 1. The summed E-state index contributed by atoms with van der Waals surface area (Å²) in [5.74, 6) is 9.36. The Balaban J connectivity index is 1.46. The van der Waals surface area contributed by atoms with Crippen molar-refractivity contribution in [3.63, 3.8) is 0 Å². The van der Waals surface area contributed by atoms with E-state index in [4.69, 9.17) is 4.98 Å². The number of fused-ring (bicyclic) bond motifs is 3. The minimum absolute atomic E-state index is 0.294. The number of benzene rings is 1. The minimum atomic E-state index is -0.890. The van der Waals surface area contributed by atoms with Gasteiger partial charge >= 0.3 is 0 Å². The standard InChI is InChI=1S/C27H33N3O/c1-20-17-30(18-21(20)2)26-9-8-23(25(28-26)16-22-6-4-3-5-7-22)10-13-27(31)19-29-14-11-24(27)12-15-29/h3-9,20-21,24,31H,11-12,14-19H2,1-2H3/t20-,21-,27-/m1/s1. The summed E-state index contributed by atoms with van der Waals surface area (Å²) in [6, 6.07) is 14.7. The van der Waals surface area contributed by atoms with Gasteiger partial charge in [0, 0.05) is 37.5 Å². The maximum Gasteiger partial charge on any atom is 0.141 e. The second-order valence-electron chi connectivity index (χ2n) is 9.91. The largest absolute Gasteiger partial charge is 0.376 e. The highest BCUT2D eigenvalue weighted by atomic mass is 16.3. The number of anilines is 1. The Morgan fingerprint density at radius 3 is 2.39 bits per heavy atom. The molecule has 2 aromatic rings. The summed E-state index contributed by atoms with van der Waals surface area (Å²) in [6.45, 7) is 9.62. The average Bonchev–Trinajstić information content (AvgIpc) is 3.12. The smallest absolute Gasteiger partial charge is 0.141 e. The lowest BCUT2D eigenvalue weighted by molar-refractivity contribution is -0.0713. The summed E-state index contributed by atoms with van der Waals surface area (Å²) in [7, 11) is 0. The van der Waals surface area contributed by atoms with Crippen molar-refractivity contribution in [3.8, 4) is 11.8 Å². The van der Waals surface area contributed by atoms with Gasteiger partial charge < -0.3 is 10.0 Å². The number of hydrogen-bond acceptors (Lipinski definition) is 4. The Morgan fingerprint density at radius 2 is 1.74 bits per heavy atom. The number of aliphatic hydroxyl groups is 1. The number of rotatable bonds is 3. The van der Waals surface area contributed by atoms with Gasteiger partial charge in [0.25, 0.3) is 0 Å². The van der Waals surface area contributed by atoms with E-state index in [2.05, 4.69) is 71.9 Å². The van der Waals surface area contributed by atoms with Crippen molar-refractivity contribution < 1.29 is 5.11 Å². The van der Waals surface area contributed by atoms with E-state index in [1.807, 2.05) is 6.07 Å². The van der Waals surface area contributed by atoms with Gasteiger partial charge in [0.1, 0.15) is 11.4 Å². The Hall–Kier alpha value is -2.35. The molecule has 3 atom stereocenters. The lowest BCUT2D eigenvalue weighted by Crippen LogP contribution is -2.58. The molecule has 6 rings (SSSR count). The second-order valence-corrected chi connectivity index (χ2v) is 9.91. The molecule has 162 valence electrons. The first kappa shape index (κ1) is 20.5. The maximum absolute atomic E-state index is 11.2. The molecule has 4 aliphatic rings. The molecule has 5 heterocycles. The van der Waals surface area contributed by atoms with E-state index in [9.17, 15) is 5.11 Å². The number of nitrogens with zero attached hydrogens (tertiary/aromatic N) is 3. The van der Waals surface area contributed by atoms with Crippen LogP contribution in [0.4, 0.5) is 5.82 Å². The quantitative estimate of drug-likeness (QED) is 0.778. The highest BCUT2D eigenvalue weighted by Crippen LogP contribution is 2.35. The van der Waals surface area contributed by atoms with Gasteiger partial charge in [-0.1, -0.05) is 56.0 Å². The molecule has 31 heavy (non-hydrogen) atoms. The van der Waals surface area contributed by atoms with Crippen LogP contribution in [-0.4, -0.2) is 53.3 Å². The van der Waals surface area contributed by atoms with Gasteiger partial charge in [-0.2, -0.15) is 0 Å². The summed E-state index contributed by atoms with van der Waals surface area (Å²) in [6.07, 6.45) is 2.85. The molecule has 1 N–H and O–H groups in total. The fourth-order valence-corrected chi connectivity index (χ4v) is 5.38. The van der Waals surface area contributed by atoms with Crippen LogP contribution in [0.3, 0.4) is 0 Å². The van der Waals surface area contributed by atoms with E-state index in [-0.39, 0.29) is 0 Å². The van der Waals surface area contributed by atoms with Crippen molar-refractivity contribution in [3.05, 3.63) is 59.3 Å². The van der Waals surface area contributed by atoms with Gasteiger partial charge in [0.05, 0.1) is 5.69 Å². The Bertz CT molecular complexity index is 977. The molecule has 0 aliphatic carbocycles. The maximum atomic E-state index is 11.2. The predicted molar refractivity (Wildman–Crippen MR) is 125 cm³/mol. The van der Waals surface area contributed by atoms with Gasteiger partial charge in [-0.05, 0) is 55.5 Å². The minimum Gasteiger partial charge on any atom is -0.376 e. The molecule has 0 amide bonds. The van der Waals surface area contributed by atoms with E-state index in [0.717, 1.165) is 62.5 Å². The third-order valence-electron chi connectivity index (χ3n) is 7.63. The van der Waals surface area contributed by atoms with Crippen molar-refractivity contribution in [1.82, 2.24) is 9.88 Å². The molecule has 0 saturated carbocycles. The van der Waals surface area contributed by atoms with Crippen molar-refractivity contribution in [2.45, 2.75) is 38.7 Å². The summed E-state index contributed by atoms with van der Waals surface area (Å²) < 4.78 is 0. The van der Waals surface area contributed by atoms with Crippen molar-refractivity contribution in [2.75, 3.05) is 37.6 Å². The first-order valence-corrected chi connectivity index (χ1v) is 11.8. The Kier molecular flexibility index (Phi) is 5.50. The molecule has 2 bridgehead atoms. The van der Waals surface area contributed by atoms with Crippen LogP contribution < -0.4 is 4.90 Å². The summed E-state index contributed by atoms with van der Waals surface area (Å²) in [5, 5.41) is 11.2. The van der Waals surface area contributed by atoms with Gasteiger partial charge in [0.15, 0.2) is 0 Å². The van der Waals surface area contributed by atoms with E-state index in [1.165, 1.54) is 5.56 Å². The Labute approximate surface area is 186 Å². The van der Waals surface area contributed by atoms with Crippen molar-refractivity contribution in [2.24, 2.45) is 17.8 Å². The second kappa shape index (κ2) is 8.30. The van der Waals surface area contributed by atoms with E-state index in [1.54, 1.807) is 0 Å². The fraction of sp³-hybridized carbons (Fsp3) is 0.519. The number of aromatic nitrogens is 1. The summed E-state index contributed by atoms with van der Waals surface area (Å²) in [4.78, 5) is 9.83. The Morgan fingerprint density at radius 1 is 1.03 bits per heavy atom. The first-order valence-electron chi connectivity index (χ1n) is 11.8. The highest BCUT2D eigenvalue weighted by Gasteiger charge is 2.44. The molecule has 4 aliphatic heterocycles. The number of hydrogen-bond donors (Lipinski definition) is 1. The van der Waals surface area contributed by atoms with Crippen LogP contribution in [0.2, 0.25) is 0 Å². The fourth-order valence-electron chi connectivity index (χ4n) is 5.38. The zero-order valence-corrected chi connectivity index (χ0v) is 18.7. The summed E-state index contributed by atoms with van der Waals surface area (Å²) in [5.41, 5.74) is 2.30. The van der Waals surface area contributed by atoms with Crippen LogP contribution in [0.15, 0.2) is 42.5 Å². The molecule has 1 aromatic carbocycles. The molecule has 4 saturated heterocycles. The van der Waals surface area contributed by atoms with Crippen LogP contribution in [-0.2, 0) is 6.42 Å². The number of piperidine rings is 3. The van der Waals surface area contributed by atoms with E-state index >= 15 is 0 Å². The van der Waals surface area contributed by atoms with Crippen molar-refractivity contribution in [1.29, 1.82) is 0 Å². The first-order chi connectivity index (χ1) is 15.0. The van der Waals surface area contributed by atoms with Crippen molar-refractivity contribution >= 4 is 5.82 Å². The molecule has 4 fully saturated rings. The average molecular weight is 416 g/mol. The third-order valence-corrected chi connectivity index (χ3v) is 7.63. The molecule has 0 unspecified atom stereocenters. The van der Waals surface area contributed by atoms with Crippen LogP contribution in [0.5, 0.6) is 0 Å². The molecule has 0 radical (unpaired) electrons. The highest BCUT2D eigenvalue weighted by molar-refractivity contribution is 5.50. The molecule has 4 nitrogen and oxygen atoms in total. The van der Waals surface area contributed by atoms with Gasteiger partial charge in [-0.3, -0.25) is 4.90 Å². The lowest BCUT2D eigenvalue weighted by Gasteiger charge is -2.47. The monoisotopic (exact) mass is 415 g/mol. The van der Waals surface area contributed by atoms with Gasteiger partial charge in [-0.15, -0.1) is 0 Å². The van der Waals surface area contributed by atoms with Crippen LogP contribution in [0.25, 0.3) is 0 Å². The molecular formula is C27H33N3O. The summed E-state index contributed by atoms with van der Waals surface area (Å²) >= 11 is 0. The molecular weight excluding hydrogens is 382 g/mol. The van der Waals surface area contributed by atoms with E-state index in [0.29, 0.717) is 24.3 Å². The zero-order valence-electron chi connectivity index (χ0n) is 18.7. The van der Waals surface area contributed by atoms with E-state index < -0.39 is 5.60 Å². The normalized spacial score (nSPS) is 32.0.